The second-order valence-electron chi connectivity index (χ2n) is 6.88. The van der Waals surface area contributed by atoms with Gasteiger partial charge in [0, 0.05) is 38.8 Å². The quantitative estimate of drug-likeness (QED) is 0.905. The largest absolute Gasteiger partial charge is 0.385 e. The maximum Gasteiger partial charge on any atom is 0.228 e. The molecule has 1 saturated carbocycles. The van der Waals surface area contributed by atoms with Gasteiger partial charge in [-0.25, -0.2) is 4.39 Å². The molecular formula is C18H25FN2O2. The van der Waals surface area contributed by atoms with Crippen molar-refractivity contribution in [3.05, 3.63) is 35.6 Å². The van der Waals surface area contributed by atoms with Crippen molar-refractivity contribution in [1.29, 1.82) is 0 Å². The highest BCUT2D eigenvalue weighted by Gasteiger charge is 2.51. The van der Waals surface area contributed by atoms with E-state index in [4.69, 9.17) is 10.5 Å². The molecule has 1 saturated heterocycles. The number of rotatable bonds is 5. The van der Waals surface area contributed by atoms with Crippen LogP contribution in [0.25, 0.3) is 0 Å². The lowest BCUT2D eigenvalue weighted by atomic mass is 9.85. The third-order valence-electron chi connectivity index (χ3n) is 5.34. The summed E-state index contributed by atoms with van der Waals surface area (Å²) in [6.07, 6.45) is 3.55. The van der Waals surface area contributed by atoms with Crippen LogP contribution in [0.2, 0.25) is 0 Å². The Morgan fingerprint density at radius 1 is 1.39 bits per heavy atom. The van der Waals surface area contributed by atoms with E-state index in [9.17, 15) is 9.18 Å². The summed E-state index contributed by atoms with van der Waals surface area (Å²) in [6, 6.07) is 6.46. The average Bonchev–Trinajstić information content (AvgIpc) is 3.34. The lowest BCUT2D eigenvalue weighted by Gasteiger charge is -2.38. The summed E-state index contributed by atoms with van der Waals surface area (Å²) < 4.78 is 18.2. The van der Waals surface area contributed by atoms with Gasteiger partial charge in [-0.2, -0.15) is 0 Å². The van der Waals surface area contributed by atoms with E-state index in [0.29, 0.717) is 13.2 Å². The summed E-state index contributed by atoms with van der Waals surface area (Å²) in [5, 5.41) is 0. The van der Waals surface area contributed by atoms with Crippen LogP contribution >= 0.6 is 0 Å². The highest BCUT2D eigenvalue weighted by Crippen LogP contribution is 2.50. The molecule has 3 rings (SSSR count). The van der Waals surface area contributed by atoms with Crippen LogP contribution < -0.4 is 5.73 Å². The molecular weight excluding hydrogens is 295 g/mol. The standard InChI is InChI=1S/C18H25FN2O2/c1-23-11-9-18(7-8-18)17(22)21-10-6-15(16(20)12-21)13-2-4-14(19)5-3-13/h2-5,15-16H,6-12,20H2,1H3/t15-,16-/m0/s1. The summed E-state index contributed by atoms with van der Waals surface area (Å²) >= 11 is 0. The van der Waals surface area contributed by atoms with Crippen molar-refractivity contribution >= 4 is 5.91 Å². The molecule has 1 heterocycles. The Kier molecular flexibility index (Phi) is 4.69. The van der Waals surface area contributed by atoms with Crippen LogP contribution in [0.1, 0.15) is 37.2 Å². The molecule has 1 aromatic rings. The fourth-order valence-corrected chi connectivity index (χ4v) is 3.64. The second kappa shape index (κ2) is 6.57. The van der Waals surface area contributed by atoms with Crippen molar-refractivity contribution in [1.82, 2.24) is 4.90 Å². The van der Waals surface area contributed by atoms with Gasteiger partial charge >= 0.3 is 0 Å². The number of benzene rings is 1. The Morgan fingerprint density at radius 3 is 2.65 bits per heavy atom. The van der Waals surface area contributed by atoms with Crippen LogP contribution in [-0.4, -0.2) is 43.7 Å². The first kappa shape index (κ1) is 16.4. The van der Waals surface area contributed by atoms with Crippen LogP contribution in [0.4, 0.5) is 4.39 Å². The lowest BCUT2D eigenvalue weighted by molar-refractivity contribution is -0.139. The number of ether oxygens (including phenoxy) is 1. The van der Waals surface area contributed by atoms with E-state index in [1.165, 1.54) is 12.1 Å². The molecule has 1 amide bonds. The van der Waals surface area contributed by atoms with Crippen molar-refractivity contribution in [3.63, 3.8) is 0 Å². The molecule has 0 radical (unpaired) electrons. The molecule has 126 valence electrons. The predicted molar refractivity (Wildman–Crippen MR) is 86.5 cm³/mol. The van der Waals surface area contributed by atoms with Gasteiger partial charge in [-0.05, 0) is 43.4 Å². The first-order valence-corrected chi connectivity index (χ1v) is 8.35. The van der Waals surface area contributed by atoms with Gasteiger partial charge in [0.25, 0.3) is 0 Å². The Morgan fingerprint density at radius 2 is 2.09 bits per heavy atom. The number of hydrogen-bond acceptors (Lipinski definition) is 3. The molecule has 2 fully saturated rings. The zero-order chi connectivity index (χ0) is 16.4. The smallest absolute Gasteiger partial charge is 0.228 e. The zero-order valence-electron chi connectivity index (χ0n) is 13.6. The molecule has 23 heavy (non-hydrogen) atoms. The Balaban J connectivity index is 1.62. The number of carbonyl (C=O) groups is 1. The molecule has 2 aliphatic rings. The zero-order valence-corrected chi connectivity index (χ0v) is 13.6. The first-order chi connectivity index (χ1) is 11.1. The molecule has 5 heteroatoms. The molecule has 2 atom stereocenters. The van der Waals surface area contributed by atoms with Crippen LogP contribution in [0.5, 0.6) is 0 Å². The Labute approximate surface area is 136 Å². The van der Waals surface area contributed by atoms with Crippen molar-refractivity contribution in [2.24, 2.45) is 11.1 Å². The summed E-state index contributed by atoms with van der Waals surface area (Å²) in [5.74, 6) is 0.195. The highest BCUT2D eigenvalue weighted by molar-refractivity contribution is 5.85. The van der Waals surface area contributed by atoms with Crippen molar-refractivity contribution in [3.8, 4) is 0 Å². The topological polar surface area (TPSA) is 55.6 Å². The number of nitrogens with zero attached hydrogens (tertiary/aromatic N) is 1. The van der Waals surface area contributed by atoms with Crippen molar-refractivity contribution < 1.29 is 13.9 Å². The number of likely N-dealkylation sites (tertiary alicyclic amines) is 1. The number of nitrogens with two attached hydrogens (primary N) is 1. The second-order valence-corrected chi connectivity index (χ2v) is 6.88. The highest BCUT2D eigenvalue weighted by atomic mass is 19.1. The van der Waals surface area contributed by atoms with Gasteiger partial charge in [0.1, 0.15) is 5.82 Å². The van der Waals surface area contributed by atoms with Gasteiger partial charge in [-0.1, -0.05) is 12.1 Å². The molecule has 1 aliphatic heterocycles. The van der Waals surface area contributed by atoms with Gasteiger partial charge in [-0.15, -0.1) is 0 Å². The van der Waals surface area contributed by atoms with E-state index in [-0.39, 0.29) is 29.1 Å². The van der Waals surface area contributed by atoms with Gasteiger partial charge in [0.05, 0.1) is 5.41 Å². The van der Waals surface area contributed by atoms with E-state index in [1.807, 2.05) is 4.90 Å². The maximum atomic E-state index is 13.1. The molecule has 0 bridgehead atoms. The number of piperidine rings is 1. The van der Waals surface area contributed by atoms with Gasteiger partial charge in [-0.3, -0.25) is 4.79 Å². The van der Waals surface area contributed by atoms with Crippen LogP contribution in [-0.2, 0) is 9.53 Å². The SMILES string of the molecule is COCCC1(C(=O)N2CC[C@@H](c3ccc(F)cc3)[C@@H](N)C2)CC1. The van der Waals surface area contributed by atoms with E-state index in [2.05, 4.69) is 0 Å². The molecule has 0 aromatic heterocycles. The lowest BCUT2D eigenvalue weighted by Crippen LogP contribution is -2.51. The fourth-order valence-electron chi connectivity index (χ4n) is 3.64. The summed E-state index contributed by atoms with van der Waals surface area (Å²) in [4.78, 5) is 14.7. The van der Waals surface area contributed by atoms with Crippen LogP contribution in [0, 0.1) is 11.2 Å². The molecule has 1 aromatic carbocycles. The van der Waals surface area contributed by atoms with Crippen molar-refractivity contribution in [2.75, 3.05) is 26.8 Å². The van der Waals surface area contributed by atoms with Gasteiger partial charge in [0.15, 0.2) is 0 Å². The monoisotopic (exact) mass is 320 g/mol. The Bertz CT molecular complexity index is 557. The fraction of sp³-hybridized carbons (Fsp3) is 0.611. The number of halogens is 1. The molecule has 0 unspecified atom stereocenters. The third kappa shape index (κ3) is 3.40. The number of carbonyl (C=O) groups excluding carboxylic acids is 1. The first-order valence-electron chi connectivity index (χ1n) is 8.35. The predicted octanol–water partition coefficient (Wildman–Crippen LogP) is 2.29. The van der Waals surface area contributed by atoms with Crippen LogP contribution in [0.15, 0.2) is 24.3 Å². The number of hydrogen-bond donors (Lipinski definition) is 1. The maximum absolute atomic E-state index is 13.1. The minimum absolute atomic E-state index is 0.101. The molecule has 4 nitrogen and oxygen atoms in total. The molecule has 2 N–H and O–H groups in total. The molecule has 1 aliphatic carbocycles. The van der Waals surface area contributed by atoms with Gasteiger partial charge < -0.3 is 15.4 Å². The van der Waals surface area contributed by atoms with E-state index in [0.717, 1.165) is 37.8 Å². The summed E-state index contributed by atoms with van der Waals surface area (Å²) in [5.41, 5.74) is 7.19. The van der Waals surface area contributed by atoms with E-state index < -0.39 is 0 Å². The summed E-state index contributed by atoms with van der Waals surface area (Å²) in [6.45, 7) is 1.93. The van der Waals surface area contributed by atoms with Crippen molar-refractivity contribution in [2.45, 2.75) is 37.6 Å². The normalized spacial score (nSPS) is 26.1. The van der Waals surface area contributed by atoms with Gasteiger partial charge in [0.2, 0.25) is 5.91 Å². The van der Waals surface area contributed by atoms with E-state index in [1.54, 1.807) is 19.2 Å². The summed E-state index contributed by atoms with van der Waals surface area (Å²) in [7, 11) is 1.67. The Hall–Kier alpha value is -1.46. The average molecular weight is 320 g/mol. The number of amides is 1. The van der Waals surface area contributed by atoms with E-state index >= 15 is 0 Å². The minimum Gasteiger partial charge on any atom is -0.385 e. The number of methoxy groups -OCH3 is 1. The van der Waals surface area contributed by atoms with Crippen LogP contribution in [0.3, 0.4) is 0 Å². The minimum atomic E-state index is -0.233. The molecule has 0 spiro atoms. The third-order valence-corrected chi connectivity index (χ3v) is 5.34.